The number of nitrogens with zero attached hydrogens (tertiary/aromatic N) is 3. The fourth-order valence-electron chi connectivity index (χ4n) is 3.14. The van der Waals surface area contributed by atoms with Crippen molar-refractivity contribution in [3.63, 3.8) is 0 Å². The van der Waals surface area contributed by atoms with Gasteiger partial charge in [-0.1, -0.05) is 6.92 Å². The molecule has 0 aromatic heterocycles. The quantitative estimate of drug-likeness (QED) is 0.819. The van der Waals surface area contributed by atoms with Crippen molar-refractivity contribution in [1.82, 2.24) is 14.7 Å². The van der Waals surface area contributed by atoms with Crippen LogP contribution in [0, 0.1) is 5.41 Å². The lowest BCUT2D eigenvalue weighted by molar-refractivity contribution is -0.147. The van der Waals surface area contributed by atoms with E-state index in [0.717, 1.165) is 26.2 Å². The largest absolute Gasteiger partial charge is 0.481 e. The number of aliphatic carboxylic acids is 1. The normalized spacial score (nSPS) is 31.6. The molecule has 0 aliphatic carbocycles. The van der Waals surface area contributed by atoms with E-state index in [4.69, 9.17) is 0 Å². The first-order valence-corrected chi connectivity index (χ1v) is 7.38. The molecule has 2 heterocycles. The Balaban J connectivity index is 1.95. The third-order valence-corrected chi connectivity index (χ3v) is 4.70. The summed E-state index contributed by atoms with van der Waals surface area (Å²) in [5, 5.41) is 9.23. The second-order valence-electron chi connectivity index (χ2n) is 6.24. The van der Waals surface area contributed by atoms with Crippen LogP contribution in [0.5, 0.6) is 0 Å². The molecular formula is C14H25N3O3. The summed E-state index contributed by atoms with van der Waals surface area (Å²) in [6.45, 7) is 10.2. The van der Waals surface area contributed by atoms with Crippen LogP contribution in [-0.4, -0.2) is 77.1 Å². The van der Waals surface area contributed by atoms with Crippen LogP contribution in [0.15, 0.2) is 0 Å². The minimum absolute atomic E-state index is 0.00224. The van der Waals surface area contributed by atoms with E-state index in [1.165, 1.54) is 0 Å². The summed E-state index contributed by atoms with van der Waals surface area (Å²) in [6.07, 6.45) is 0.540. The smallest absolute Gasteiger partial charge is 0.320 e. The zero-order chi connectivity index (χ0) is 14.9. The van der Waals surface area contributed by atoms with Crippen molar-refractivity contribution >= 4 is 12.0 Å². The molecule has 2 saturated heterocycles. The minimum atomic E-state index is -0.808. The molecule has 0 bridgehead atoms. The van der Waals surface area contributed by atoms with Gasteiger partial charge in [-0.15, -0.1) is 0 Å². The van der Waals surface area contributed by atoms with Crippen molar-refractivity contribution in [2.75, 3.05) is 39.3 Å². The van der Waals surface area contributed by atoms with Gasteiger partial charge in [0, 0.05) is 38.8 Å². The van der Waals surface area contributed by atoms with Crippen LogP contribution in [0.1, 0.15) is 27.2 Å². The maximum atomic E-state index is 12.5. The number of likely N-dealkylation sites (N-methyl/N-ethyl adjacent to an activating group) is 1. The number of urea groups is 1. The van der Waals surface area contributed by atoms with Crippen LogP contribution in [0.3, 0.4) is 0 Å². The fraction of sp³-hybridized carbons (Fsp3) is 0.857. The van der Waals surface area contributed by atoms with Gasteiger partial charge in [0.05, 0.1) is 5.41 Å². The molecule has 2 rings (SSSR count). The predicted molar refractivity (Wildman–Crippen MR) is 75.6 cm³/mol. The summed E-state index contributed by atoms with van der Waals surface area (Å²) in [7, 11) is 0. The summed E-state index contributed by atoms with van der Waals surface area (Å²) in [5.74, 6) is -0.808. The van der Waals surface area contributed by atoms with Gasteiger partial charge < -0.3 is 14.9 Å². The summed E-state index contributed by atoms with van der Waals surface area (Å²) >= 11 is 0. The number of carbonyl (C=O) groups is 2. The highest BCUT2D eigenvalue weighted by molar-refractivity contribution is 5.79. The highest BCUT2D eigenvalue weighted by Gasteiger charge is 2.43. The number of likely N-dealkylation sites (tertiary alicyclic amines) is 1. The average molecular weight is 283 g/mol. The predicted octanol–water partition coefficient (Wildman–Crippen LogP) is 0.929. The summed E-state index contributed by atoms with van der Waals surface area (Å²) in [6, 6.07) is 0.365. The molecule has 0 saturated carbocycles. The number of carboxylic acid groups (broad SMARTS) is 1. The van der Waals surface area contributed by atoms with Gasteiger partial charge in [0.2, 0.25) is 0 Å². The molecule has 0 aromatic rings. The number of hydrogen-bond acceptors (Lipinski definition) is 3. The lowest BCUT2D eigenvalue weighted by Gasteiger charge is -2.40. The Morgan fingerprint density at radius 1 is 1.25 bits per heavy atom. The lowest BCUT2D eigenvalue weighted by Crippen LogP contribution is -2.56. The Morgan fingerprint density at radius 3 is 2.45 bits per heavy atom. The van der Waals surface area contributed by atoms with Gasteiger partial charge in [-0.25, -0.2) is 4.79 Å². The maximum absolute atomic E-state index is 12.5. The van der Waals surface area contributed by atoms with Crippen LogP contribution in [-0.2, 0) is 4.79 Å². The Hall–Kier alpha value is -1.30. The molecule has 0 aromatic carbocycles. The van der Waals surface area contributed by atoms with Crippen LogP contribution >= 0.6 is 0 Å². The van der Waals surface area contributed by atoms with Gasteiger partial charge in [0.1, 0.15) is 0 Å². The second kappa shape index (κ2) is 5.60. The first-order valence-electron chi connectivity index (χ1n) is 7.38. The summed E-state index contributed by atoms with van der Waals surface area (Å²) in [4.78, 5) is 29.7. The Labute approximate surface area is 120 Å². The molecule has 2 aliphatic rings. The lowest BCUT2D eigenvalue weighted by atomic mass is 9.90. The molecule has 2 atom stereocenters. The summed E-state index contributed by atoms with van der Waals surface area (Å²) < 4.78 is 0. The molecule has 2 amide bonds. The van der Waals surface area contributed by atoms with Gasteiger partial charge in [0.25, 0.3) is 0 Å². The van der Waals surface area contributed by atoms with Crippen molar-refractivity contribution in [2.24, 2.45) is 5.41 Å². The topological polar surface area (TPSA) is 64.1 Å². The van der Waals surface area contributed by atoms with E-state index in [-0.39, 0.29) is 6.03 Å². The standard InChI is InChI=1S/C14H25N3O3/c1-4-15-7-8-16(9-11(15)2)13(20)17-6-5-14(3,10-17)12(18)19/h11H,4-10H2,1-3H3,(H,18,19). The monoisotopic (exact) mass is 283 g/mol. The number of carbonyl (C=O) groups excluding carboxylic acids is 1. The zero-order valence-electron chi connectivity index (χ0n) is 12.6. The molecule has 0 spiro atoms. The van der Waals surface area contributed by atoms with Crippen LogP contribution in [0.2, 0.25) is 0 Å². The molecule has 0 radical (unpaired) electrons. The van der Waals surface area contributed by atoms with Crippen molar-refractivity contribution < 1.29 is 14.7 Å². The second-order valence-corrected chi connectivity index (χ2v) is 6.24. The van der Waals surface area contributed by atoms with E-state index in [9.17, 15) is 14.7 Å². The number of piperazine rings is 1. The Morgan fingerprint density at radius 2 is 1.95 bits per heavy atom. The van der Waals surface area contributed by atoms with E-state index >= 15 is 0 Å². The SMILES string of the molecule is CCN1CCN(C(=O)N2CCC(C)(C(=O)O)C2)CC1C. The average Bonchev–Trinajstić information content (AvgIpc) is 2.82. The Kier molecular flexibility index (Phi) is 4.22. The van der Waals surface area contributed by atoms with E-state index in [1.54, 1.807) is 11.8 Å². The third-order valence-electron chi connectivity index (χ3n) is 4.70. The van der Waals surface area contributed by atoms with E-state index in [1.807, 2.05) is 4.90 Å². The first-order chi connectivity index (χ1) is 9.37. The van der Waals surface area contributed by atoms with Gasteiger partial charge >= 0.3 is 12.0 Å². The van der Waals surface area contributed by atoms with Crippen molar-refractivity contribution in [3.8, 4) is 0 Å². The molecule has 1 N–H and O–H groups in total. The first kappa shape index (κ1) is 15.1. The molecule has 2 aliphatic heterocycles. The molecule has 6 nitrogen and oxygen atoms in total. The fourth-order valence-corrected chi connectivity index (χ4v) is 3.14. The van der Waals surface area contributed by atoms with Crippen molar-refractivity contribution in [3.05, 3.63) is 0 Å². The van der Waals surface area contributed by atoms with Crippen LogP contribution in [0.25, 0.3) is 0 Å². The number of carboxylic acids is 1. The van der Waals surface area contributed by atoms with E-state index in [0.29, 0.717) is 25.6 Å². The van der Waals surface area contributed by atoms with E-state index in [2.05, 4.69) is 18.7 Å². The highest BCUT2D eigenvalue weighted by atomic mass is 16.4. The molecule has 2 unspecified atom stereocenters. The molecule has 6 heteroatoms. The zero-order valence-corrected chi connectivity index (χ0v) is 12.6. The van der Waals surface area contributed by atoms with Gasteiger partial charge in [-0.2, -0.15) is 0 Å². The van der Waals surface area contributed by atoms with Gasteiger partial charge in [0.15, 0.2) is 0 Å². The Bertz CT molecular complexity index is 401. The summed E-state index contributed by atoms with van der Waals surface area (Å²) in [5.41, 5.74) is -0.785. The van der Waals surface area contributed by atoms with Gasteiger partial charge in [-0.3, -0.25) is 9.69 Å². The van der Waals surface area contributed by atoms with Crippen molar-refractivity contribution in [2.45, 2.75) is 33.2 Å². The number of hydrogen-bond donors (Lipinski definition) is 1. The third kappa shape index (κ3) is 2.75. The maximum Gasteiger partial charge on any atom is 0.320 e. The van der Waals surface area contributed by atoms with E-state index < -0.39 is 11.4 Å². The molecular weight excluding hydrogens is 258 g/mol. The number of amides is 2. The highest BCUT2D eigenvalue weighted by Crippen LogP contribution is 2.31. The molecule has 114 valence electrons. The van der Waals surface area contributed by atoms with Crippen LogP contribution in [0.4, 0.5) is 4.79 Å². The van der Waals surface area contributed by atoms with Crippen molar-refractivity contribution in [1.29, 1.82) is 0 Å². The molecule has 20 heavy (non-hydrogen) atoms. The minimum Gasteiger partial charge on any atom is -0.481 e. The molecule has 2 fully saturated rings. The van der Waals surface area contributed by atoms with Crippen LogP contribution < -0.4 is 0 Å². The number of rotatable bonds is 2. The van der Waals surface area contributed by atoms with Gasteiger partial charge in [-0.05, 0) is 26.8 Å².